The Bertz CT molecular complexity index is 562. The Kier molecular flexibility index (Phi) is 4.18. The fraction of sp³-hybridized carbons (Fsp3) is 0.286. The molecule has 0 saturated carbocycles. The van der Waals surface area contributed by atoms with Crippen molar-refractivity contribution in [3.8, 4) is 0 Å². The highest BCUT2D eigenvalue weighted by molar-refractivity contribution is 5.78. The molecular weight excluding hydrogens is 240 g/mol. The van der Waals surface area contributed by atoms with Crippen LogP contribution < -0.4 is 11.1 Å². The van der Waals surface area contributed by atoms with Crippen LogP contribution in [0.4, 0.5) is 5.69 Å². The van der Waals surface area contributed by atoms with Gasteiger partial charge in [-0.2, -0.15) is 5.10 Å². The van der Waals surface area contributed by atoms with Gasteiger partial charge < -0.3 is 11.1 Å². The number of hydrogen-bond donors (Lipinski definition) is 2. The van der Waals surface area contributed by atoms with E-state index < -0.39 is 0 Å². The van der Waals surface area contributed by atoms with Crippen LogP contribution >= 0.6 is 0 Å². The van der Waals surface area contributed by atoms with Crippen LogP contribution in [0.15, 0.2) is 36.7 Å². The number of rotatable bonds is 6. The molecule has 0 spiro atoms. The molecule has 5 nitrogen and oxygen atoms in total. The molecule has 1 aromatic heterocycles. The first kappa shape index (κ1) is 13.1. The van der Waals surface area contributed by atoms with Crippen molar-refractivity contribution in [2.45, 2.75) is 26.4 Å². The van der Waals surface area contributed by atoms with Gasteiger partial charge in [-0.05, 0) is 18.6 Å². The second-order valence-corrected chi connectivity index (χ2v) is 4.36. The van der Waals surface area contributed by atoms with Crippen molar-refractivity contribution in [2.24, 2.45) is 5.73 Å². The van der Waals surface area contributed by atoms with E-state index in [4.69, 9.17) is 5.73 Å². The molecule has 2 aromatic rings. The Labute approximate surface area is 112 Å². The number of carbonyl (C=O) groups excluding carboxylic acids is 1. The van der Waals surface area contributed by atoms with Gasteiger partial charge in [0.15, 0.2) is 0 Å². The second-order valence-electron chi connectivity index (χ2n) is 4.36. The van der Waals surface area contributed by atoms with E-state index >= 15 is 0 Å². The van der Waals surface area contributed by atoms with Crippen molar-refractivity contribution in [2.75, 3.05) is 5.32 Å². The lowest BCUT2D eigenvalue weighted by Crippen LogP contribution is -2.15. The third-order valence-electron chi connectivity index (χ3n) is 2.88. The number of nitrogens with zero attached hydrogens (tertiary/aromatic N) is 2. The summed E-state index contributed by atoms with van der Waals surface area (Å²) in [6, 6.07) is 7.69. The maximum atomic E-state index is 11.0. The van der Waals surface area contributed by atoms with Gasteiger partial charge >= 0.3 is 0 Å². The molecule has 0 bridgehead atoms. The normalized spacial score (nSPS) is 10.4. The zero-order valence-electron chi connectivity index (χ0n) is 11.0. The van der Waals surface area contributed by atoms with Crippen molar-refractivity contribution in [3.05, 3.63) is 47.8 Å². The molecule has 0 atom stereocenters. The summed E-state index contributed by atoms with van der Waals surface area (Å²) in [5.41, 5.74) is 8.20. The van der Waals surface area contributed by atoms with Gasteiger partial charge in [0, 0.05) is 30.5 Å². The van der Waals surface area contributed by atoms with E-state index in [2.05, 4.69) is 10.4 Å². The van der Waals surface area contributed by atoms with E-state index in [1.54, 1.807) is 0 Å². The van der Waals surface area contributed by atoms with Crippen LogP contribution in [0.2, 0.25) is 0 Å². The van der Waals surface area contributed by atoms with Crippen LogP contribution in [-0.4, -0.2) is 15.7 Å². The average Bonchev–Trinajstić information content (AvgIpc) is 2.85. The monoisotopic (exact) mass is 258 g/mol. The predicted octanol–water partition coefficient (Wildman–Crippen LogP) is 1.54. The quantitative estimate of drug-likeness (QED) is 0.825. The molecule has 19 heavy (non-hydrogen) atoms. The van der Waals surface area contributed by atoms with E-state index in [9.17, 15) is 4.79 Å². The summed E-state index contributed by atoms with van der Waals surface area (Å²) in [6.45, 7) is 3.58. The summed E-state index contributed by atoms with van der Waals surface area (Å²) in [5, 5.41) is 7.53. The van der Waals surface area contributed by atoms with Crippen molar-refractivity contribution in [3.63, 3.8) is 0 Å². The number of primary amides is 1. The van der Waals surface area contributed by atoms with Crippen LogP contribution in [0.1, 0.15) is 18.1 Å². The van der Waals surface area contributed by atoms with E-state index in [-0.39, 0.29) is 12.3 Å². The van der Waals surface area contributed by atoms with Crippen molar-refractivity contribution < 1.29 is 4.79 Å². The van der Waals surface area contributed by atoms with Gasteiger partial charge in [0.2, 0.25) is 5.91 Å². The van der Waals surface area contributed by atoms with Gasteiger partial charge in [-0.1, -0.05) is 18.2 Å². The smallest absolute Gasteiger partial charge is 0.221 e. The predicted molar refractivity (Wildman–Crippen MR) is 74.6 cm³/mol. The topological polar surface area (TPSA) is 72.9 Å². The zero-order valence-corrected chi connectivity index (χ0v) is 11.0. The molecule has 1 amide bonds. The molecule has 0 aliphatic rings. The van der Waals surface area contributed by atoms with Gasteiger partial charge in [-0.15, -0.1) is 0 Å². The van der Waals surface area contributed by atoms with Gasteiger partial charge in [-0.25, -0.2) is 0 Å². The second kappa shape index (κ2) is 6.04. The number of benzene rings is 1. The molecule has 5 heteroatoms. The Morgan fingerprint density at radius 3 is 2.89 bits per heavy atom. The van der Waals surface area contributed by atoms with Gasteiger partial charge in [0.25, 0.3) is 0 Å². The minimum atomic E-state index is -0.326. The molecule has 0 saturated heterocycles. The zero-order chi connectivity index (χ0) is 13.7. The first-order valence-electron chi connectivity index (χ1n) is 6.30. The fourth-order valence-corrected chi connectivity index (χ4v) is 1.90. The summed E-state index contributed by atoms with van der Waals surface area (Å²) in [7, 11) is 0. The summed E-state index contributed by atoms with van der Waals surface area (Å²) in [4.78, 5) is 11.0. The summed E-state index contributed by atoms with van der Waals surface area (Å²) >= 11 is 0. The van der Waals surface area contributed by atoms with E-state index in [0.717, 1.165) is 23.4 Å². The van der Waals surface area contributed by atoms with Crippen LogP contribution in [0.3, 0.4) is 0 Å². The molecule has 0 fully saturated rings. The van der Waals surface area contributed by atoms with E-state index in [1.165, 1.54) is 0 Å². The molecule has 0 unspecified atom stereocenters. The molecule has 100 valence electrons. The molecule has 1 aromatic carbocycles. The van der Waals surface area contributed by atoms with Crippen LogP contribution in [-0.2, 0) is 24.3 Å². The summed E-state index contributed by atoms with van der Waals surface area (Å²) < 4.78 is 1.88. The number of anilines is 1. The number of amides is 1. The van der Waals surface area contributed by atoms with Gasteiger partial charge in [-0.3, -0.25) is 9.48 Å². The average molecular weight is 258 g/mol. The number of nitrogens with two attached hydrogens (primary N) is 1. The van der Waals surface area contributed by atoms with Crippen LogP contribution in [0.5, 0.6) is 0 Å². The van der Waals surface area contributed by atoms with Crippen molar-refractivity contribution >= 4 is 11.6 Å². The summed E-state index contributed by atoms with van der Waals surface area (Å²) in [6.07, 6.45) is 4.09. The number of hydrogen-bond acceptors (Lipinski definition) is 3. The standard InChI is InChI=1S/C14H18N4O/c1-2-18-10-11(9-17-18)8-16-13-6-4-3-5-12(13)7-14(15)19/h3-6,9-10,16H,2,7-8H2,1H3,(H2,15,19). The largest absolute Gasteiger partial charge is 0.381 e. The van der Waals surface area contributed by atoms with Gasteiger partial charge in [0.1, 0.15) is 0 Å². The van der Waals surface area contributed by atoms with Crippen molar-refractivity contribution in [1.82, 2.24) is 9.78 Å². The molecule has 1 heterocycles. The highest BCUT2D eigenvalue weighted by Crippen LogP contribution is 2.16. The van der Waals surface area contributed by atoms with Gasteiger partial charge in [0.05, 0.1) is 12.6 Å². The Morgan fingerprint density at radius 1 is 1.42 bits per heavy atom. The molecular formula is C14H18N4O. The minimum absolute atomic E-state index is 0.247. The SMILES string of the molecule is CCn1cc(CNc2ccccc2CC(N)=O)cn1. The third kappa shape index (κ3) is 3.58. The Morgan fingerprint density at radius 2 is 2.21 bits per heavy atom. The number of aromatic nitrogens is 2. The number of para-hydroxylation sites is 1. The van der Waals surface area contributed by atoms with E-state index in [0.29, 0.717) is 6.54 Å². The molecule has 0 radical (unpaired) electrons. The maximum absolute atomic E-state index is 11.0. The highest BCUT2D eigenvalue weighted by atomic mass is 16.1. The fourth-order valence-electron chi connectivity index (χ4n) is 1.90. The molecule has 3 N–H and O–H groups in total. The Balaban J connectivity index is 2.04. The Hall–Kier alpha value is -2.30. The number of aryl methyl sites for hydroxylation is 1. The lowest BCUT2D eigenvalue weighted by Gasteiger charge is -2.09. The first-order chi connectivity index (χ1) is 9.19. The minimum Gasteiger partial charge on any atom is -0.381 e. The molecule has 2 rings (SSSR count). The number of carbonyl (C=O) groups is 1. The number of nitrogens with one attached hydrogen (secondary N) is 1. The lowest BCUT2D eigenvalue weighted by atomic mass is 10.1. The summed E-state index contributed by atoms with van der Waals surface area (Å²) in [5.74, 6) is -0.326. The van der Waals surface area contributed by atoms with Crippen LogP contribution in [0.25, 0.3) is 0 Å². The van der Waals surface area contributed by atoms with Crippen molar-refractivity contribution in [1.29, 1.82) is 0 Å². The maximum Gasteiger partial charge on any atom is 0.221 e. The highest BCUT2D eigenvalue weighted by Gasteiger charge is 2.05. The first-order valence-corrected chi connectivity index (χ1v) is 6.30. The van der Waals surface area contributed by atoms with E-state index in [1.807, 2.05) is 48.3 Å². The van der Waals surface area contributed by atoms with Crippen LogP contribution in [0, 0.1) is 0 Å². The molecule has 0 aliphatic heterocycles. The third-order valence-corrected chi connectivity index (χ3v) is 2.88. The molecule has 0 aliphatic carbocycles. The lowest BCUT2D eigenvalue weighted by molar-refractivity contribution is -0.117.